The summed E-state index contributed by atoms with van der Waals surface area (Å²) < 4.78 is 59.2. The quantitative estimate of drug-likeness (QED) is 0.259. The molecule has 10 nitrogen and oxygen atoms in total. The van der Waals surface area contributed by atoms with E-state index < -0.39 is 20.0 Å². The summed E-state index contributed by atoms with van der Waals surface area (Å²) in [5, 5.41) is 6.42. The summed E-state index contributed by atoms with van der Waals surface area (Å²) in [5.74, 6) is 0.588. The predicted molar refractivity (Wildman–Crippen MR) is 151 cm³/mol. The van der Waals surface area contributed by atoms with Gasteiger partial charge in [0.2, 0.25) is 0 Å². The second-order valence-electron chi connectivity index (χ2n) is 8.68. The maximum atomic E-state index is 13.5. The molecule has 0 atom stereocenters. The van der Waals surface area contributed by atoms with Gasteiger partial charge < -0.3 is 0 Å². The maximum absolute atomic E-state index is 13.5. The molecule has 5 aromatic rings. The van der Waals surface area contributed by atoms with Gasteiger partial charge in [-0.05, 0) is 55.1 Å². The Morgan fingerprint density at radius 3 is 2.26 bits per heavy atom. The summed E-state index contributed by atoms with van der Waals surface area (Å²) in [7, 11) is -8.01. The molecule has 0 aliphatic rings. The molecule has 0 spiro atoms. The highest BCUT2D eigenvalue weighted by molar-refractivity contribution is 7.93. The predicted octanol–water partition coefficient (Wildman–Crippen LogP) is 4.67. The van der Waals surface area contributed by atoms with Crippen LogP contribution in [0.5, 0.6) is 0 Å². The first-order chi connectivity index (χ1) is 18.6. The number of hydrogen-bond acceptors (Lipinski definition) is 8. The number of sulfonamides is 2. The van der Waals surface area contributed by atoms with E-state index in [1.807, 2.05) is 47.8 Å². The van der Waals surface area contributed by atoms with Gasteiger partial charge in [0, 0.05) is 23.6 Å². The molecule has 0 bridgehead atoms. The second kappa shape index (κ2) is 10.6. The molecule has 2 N–H and O–H groups in total. The summed E-state index contributed by atoms with van der Waals surface area (Å²) in [6.45, 7) is 3.81. The van der Waals surface area contributed by atoms with E-state index in [9.17, 15) is 16.8 Å². The highest BCUT2D eigenvalue weighted by Gasteiger charge is 2.25. The van der Waals surface area contributed by atoms with Crippen molar-refractivity contribution in [3.05, 3.63) is 101 Å². The lowest BCUT2D eigenvalue weighted by atomic mass is 10.2. The fourth-order valence-electron chi connectivity index (χ4n) is 3.91. The van der Waals surface area contributed by atoms with E-state index in [1.54, 1.807) is 18.5 Å². The zero-order valence-corrected chi connectivity index (χ0v) is 23.4. The van der Waals surface area contributed by atoms with Crippen molar-refractivity contribution in [1.82, 2.24) is 19.7 Å². The first-order valence-corrected chi connectivity index (χ1v) is 15.6. The summed E-state index contributed by atoms with van der Waals surface area (Å²) in [5.41, 5.74) is 2.15. The number of hydrogen-bond donors (Lipinski definition) is 2. The van der Waals surface area contributed by atoms with Gasteiger partial charge in [-0.3, -0.25) is 14.1 Å². The number of thiophene rings is 1. The Bertz CT molecular complexity index is 1800. The number of aromatic nitrogens is 4. The van der Waals surface area contributed by atoms with Crippen molar-refractivity contribution in [2.24, 2.45) is 0 Å². The standard InChI is InChI=1S/C26H24N6O4S3/c1-18-15-25(28-19(2)27-18)31-38(33,34)22-12-10-21(11-13-22)30-39(35,36)24-17-32(16-20-7-4-3-5-8-20)29-26(24)23-9-6-14-37-23/h3-15,17,30H,16H2,1-2H3,(H,27,28,31). The molecule has 13 heteroatoms. The second-order valence-corrected chi connectivity index (χ2v) is 13.0. The molecule has 3 aromatic heterocycles. The molecule has 39 heavy (non-hydrogen) atoms. The van der Waals surface area contributed by atoms with Crippen LogP contribution in [0.25, 0.3) is 10.6 Å². The third-order valence-corrected chi connectivity index (χ3v) is 9.21. The molecule has 5 rings (SSSR count). The van der Waals surface area contributed by atoms with Crippen molar-refractivity contribution in [1.29, 1.82) is 0 Å². The number of anilines is 2. The van der Waals surface area contributed by atoms with Gasteiger partial charge in [-0.25, -0.2) is 26.8 Å². The smallest absolute Gasteiger partial charge is 0.265 e. The molecule has 3 heterocycles. The molecule has 0 saturated heterocycles. The van der Waals surface area contributed by atoms with E-state index in [4.69, 9.17) is 0 Å². The van der Waals surface area contributed by atoms with Crippen LogP contribution in [-0.4, -0.2) is 36.6 Å². The van der Waals surface area contributed by atoms with Crippen LogP contribution in [0.4, 0.5) is 11.5 Å². The molecule has 0 amide bonds. The Hall–Kier alpha value is -4.07. The van der Waals surface area contributed by atoms with Crippen LogP contribution in [0.15, 0.2) is 94.2 Å². The zero-order chi connectivity index (χ0) is 27.6. The van der Waals surface area contributed by atoms with Gasteiger partial charge in [0.25, 0.3) is 20.0 Å². The maximum Gasteiger partial charge on any atom is 0.265 e. The van der Waals surface area contributed by atoms with Crippen LogP contribution in [-0.2, 0) is 26.6 Å². The molecule has 0 unspecified atom stereocenters. The highest BCUT2D eigenvalue weighted by Crippen LogP contribution is 2.31. The monoisotopic (exact) mass is 580 g/mol. The van der Waals surface area contributed by atoms with Gasteiger partial charge >= 0.3 is 0 Å². The lowest BCUT2D eigenvalue weighted by Gasteiger charge is -2.10. The van der Waals surface area contributed by atoms with Crippen molar-refractivity contribution >= 4 is 42.9 Å². The molecule has 0 radical (unpaired) electrons. The normalized spacial score (nSPS) is 11.8. The van der Waals surface area contributed by atoms with Crippen LogP contribution >= 0.6 is 11.3 Å². The van der Waals surface area contributed by atoms with Gasteiger partial charge in [-0.1, -0.05) is 36.4 Å². The number of rotatable bonds is 9. The summed E-state index contributed by atoms with van der Waals surface area (Å²) in [4.78, 5) is 8.93. The minimum atomic E-state index is -4.06. The van der Waals surface area contributed by atoms with Crippen LogP contribution in [0.3, 0.4) is 0 Å². The van der Waals surface area contributed by atoms with Gasteiger partial charge in [-0.15, -0.1) is 11.3 Å². The van der Waals surface area contributed by atoms with E-state index in [0.717, 1.165) is 5.56 Å². The molecule has 200 valence electrons. The average molecular weight is 581 g/mol. The van der Waals surface area contributed by atoms with E-state index in [-0.39, 0.29) is 21.3 Å². The average Bonchev–Trinajstić information content (AvgIpc) is 3.54. The fourth-order valence-corrected chi connectivity index (χ4v) is 6.92. The first kappa shape index (κ1) is 26.5. The first-order valence-electron chi connectivity index (χ1n) is 11.7. The van der Waals surface area contributed by atoms with E-state index in [0.29, 0.717) is 28.6 Å². The molecule has 0 fully saturated rings. The molecule has 2 aromatic carbocycles. The number of benzene rings is 2. The van der Waals surface area contributed by atoms with E-state index >= 15 is 0 Å². The number of nitrogens with one attached hydrogen (secondary N) is 2. The number of nitrogens with zero attached hydrogens (tertiary/aromatic N) is 4. The van der Waals surface area contributed by atoms with Crippen LogP contribution in [0.2, 0.25) is 0 Å². The lowest BCUT2D eigenvalue weighted by molar-refractivity contribution is 0.599. The third kappa shape index (κ3) is 6.16. The molecule has 0 saturated carbocycles. The minimum absolute atomic E-state index is 0.0220. The number of aryl methyl sites for hydroxylation is 2. The van der Waals surface area contributed by atoms with Gasteiger partial charge in [-0.2, -0.15) is 5.10 Å². The Balaban J connectivity index is 1.39. The Morgan fingerprint density at radius 1 is 0.846 bits per heavy atom. The SMILES string of the molecule is Cc1cc(NS(=O)(=O)c2ccc(NS(=O)(=O)c3cn(Cc4ccccc4)nc3-c3cccs3)cc2)nc(C)n1. The Morgan fingerprint density at radius 2 is 1.59 bits per heavy atom. The lowest BCUT2D eigenvalue weighted by Crippen LogP contribution is -2.16. The van der Waals surface area contributed by atoms with Gasteiger partial charge in [0.15, 0.2) is 0 Å². The molecular weight excluding hydrogens is 557 g/mol. The van der Waals surface area contributed by atoms with Crippen molar-refractivity contribution in [2.45, 2.75) is 30.2 Å². The van der Waals surface area contributed by atoms with Gasteiger partial charge in [0.1, 0.15) is 22.2 Å². The largest absolute Gasteiger partial charge is 0.280 e. The summed E-state index contributed by atoms with van der Waals surface area (Å²) in [6, 6.07) is 20.2. The summed E-state index contributed by atoms with van der Waals surface area (Å²) in [6.07, 6.45) is 1.50. The summed E-state index contributed by atoms with van der Waals surface area (Å²) >= 11 is 1.39. The van der Waals surface area contributed by atoms with Crippen LogP contribution < -0.4 is 9.44 Å². The van der Waals surface area contributed by atoms with E-state index in [1.165, 1.54) is 47.9 Å². The minimum Gasteiger partial charge on any atom is -0.280 e. The third-order valence-electron chi connectivity index (χ3n) is 5.58. The van der Waals surface area contributed by atoms with Gasteiger partial charge in [0.05, 0.1) is 16.3 Å². The van der Waals surface area contributed by atoms with E-state index in [2.05, 4.69) is 24.5 Å². The molecule has 0 aliphatic heterocycles. The van der Waals surface area contributed by atoms with Crippen LogP contribution in [0, 0.1) is 13.8 Å². The molecular formula is C26H24N6O4S3. The topological polar surface area (TPSA) is 136 Å². The fraction of sp³-hybridized carbons (Fsp3) is 0.115. The highest BCUT2D eigenvalue weighted by atomic mass is 32.2. The van der Waals surface area contributed by atoms with Crippen molar-refractivity contribution in [3.63, 3.8) is 0 Å². The zero-order valence-electron chi connectivity index (χ0n) is 20.9. The van der Waals surface area contributed by atoms with Crippen LogP contribution in [0.1, 0.15) is 17.1 Å². The van der Waals surface area contributed by atoms with Crippen molar-refractivity contribution in [2.75, 3.05) is 9.44 Å². The molecule has 0 aliphatic carbocycles. The Labute approximate surface area is 230 Å². The van der Waals surface area contributed by atoms with Crippen molar-refractivity contribution in [3.8, 4) is 10.6 Å². The van der Waals surface area contributed by atoms with Crippen molar-refractivity contribution < 1.29 is 16.8 Å². The Kier molecular flexibility index (Phi) is 7.21.